The van der Waals surface area contributed by atoms with Crippen molar-refractivity contribution in [3.63, 3.8) is 0 Å². The molecule has 0 fully saturated rings. The maximum Gasteiger partial charge on any atom is 0.257 e. The van der Waals surface area contributed by atoms with Crippen LogP contribution in [-0.2, 0) is 11.2 Å². The highest BCUT2D eigenvalue weighted by Crippen LogP contribution is 2.15. The highest BCUT2D eigenvalue weighted by Gasteiger charge is 2.09. The van der Waals surface area contributed by atoms with Crippen LogP contribution in [0.3, 0.4) is 0 Å². The summed E-state index contributed by atoms with van der Waals surface area (Å²) in [6.45, 7) is 2.76. The third-order valence-corrected chi connectivity index (χ3v) is 5.22. The molecule has 176 valence electrons. The zero-order chi connectivity index (χ0) is 24.2. The Morgan fingerprint density at radius 3 is 2.15 bits per heavy atom. The Labute approximate surface area is 205 Å². The number of ether oxygens (including phenoxy) is 1. The first-order chi connectivity index (χ1) is 16.5. The number of anilines is 2. The largest absolute Gasteiger partial charge is 0.494 e. The molecule has 2 amide bonds. The van der Waals surface area contributed by atoms with Gasteiger partial charge in [0, 0.05) is 23.4 Å². The molecule has 0 radical (unpaired) electrons. The van der Waals surface area contributed by atoms with Crippen LogP contribution < -0.4 is 20.7 Å². The first-order valence-corrected chi connectivity index (χ1v) is 11.7. The molecule has 3 N–H and O–H groups in total. The number of carbonyl (C=O) groups excluding carboxylic acids is 2. The molecule has 3 rings (SSSR count). The smallest absolute Gasteiger partial charge is 0.257 e. The van der Waals surface area contributed by atoms with Gasteiger partial charge in [-0.3, -0.25) is 14.9 Å². The van der Waals surface area contributed by atoms with Crippen LogP contribution in [0.25, 0.3) is 0 Å². The van der Waals surface area contributed by atoms with E-state index in [4.69, 9.17) is 17.0 Å². The van der Waals surface area contributed by atoms with Gasteiger partial charge in [0.15, 0.2) is 5.11 Å². The van der Waals surface area contributed by atoms with E-state index in [1.807, 2.05) is 30.3 Å². The molecule has 0 aliphatic heterocycles. The lowest BCUT2D eigenvalue weighted by Gasteiger charge is -2.11. The summed E-state index contributed by atoms with van der Waals surface area (Å²) in [4.78, 5) is 24.6. The van der Waals surface area contributed by atoms with Gasteiger partial charge >= 0.3 is 0 Å². The van der Waals surface area contributed by atoms with E-state index in [0.29, 0.717) is 36.4 Å². The standard InChI is InChI=1S/C27H29N3O3S/c1-2-3-19-33-24-16-10-21(11-17-24)26(32)30-27(34)29-23-14-12-22(13-15-23)28-25(31)18-9-20-7-5-4-6-8-20/h4-8,10-17H,2-3,9,18-19H2,1H3,(H,28,31)(H2,29,30,32,34). The third kappa shape index (κ3) is 8.33. The van der Waals surface area contributed by atoms with Gasteiger partial charge in [0.05, 0.1) is 6.61 Å². The minimum atomic E-state index is -0.306. The lowest BCUT2D eigenvalue weighted by Crippen LogP contribution is -2.34. The molecule has 0 aliphatic carbocycles. The van der Waals surface area contributed by atoms with Crippen LogP contribution in [0.2, 0.25) is 0 Å². The van der Waals surface area contributed by atoms with E-state index in [2.05, 4.69) is 22.9 Å². The number of rotatable bonds is 10. The van der Waals surface area contributed by atoms with E-state index in [-0.39, 0.29) is 16.9 Å². The number of aryl methyl sites for hydroxylation is 1. The molecule has 0 unspecified atom stereocenters. The van der Waals surface area contributed by atoms with Crippen molar-refractivity contribution in [1.29, 1.82) is 0 Å². The molecule has 7 heteroatoms. The summed E-state index contributed by atoms with van der Waals surface area (Å²) in [5, 5.41) is 8.72. The van der Waals surface area contributed by atoms with Gasteiger partial charge < -0.3 is 15.4 Å². The van der Waals surface area contributed by atoms with Crippen molar-refractivity contribution >= 4 is 40.5 Å². The molecule has 0 aromatic heterocycles. The third-order valence-electron chi connectivity index (χ3n) is 5.02. The fourth-order valence-electron chi connectivity index (χ4n) is 3.14. The topological polar surface area (TPSA) is 79.5 Å². The van der Waals surface area contributed by atoms with Crippen LogP contribution >= 0.6 is 12.2 Å². The Bertz CT molecular complexity index is 1080. The molecule has 0 bridgehead atoms. The molecule has 6 nitrogen and oxygen atoms in total. The number of nitrogens with one attached hydrogen (secondary N) is 3. The van der Waals surface area contributed by atoms with Crippen molar-refractivity contribution in [2.24, 2.45) is 0 Å². The fourth-order valence-corrected chi connectivity index (χ4v) is 3.35. The van der Waals surface area contributed by atoms with Crippen LogP contribution in [0.4, 0.5) is 11.4 Å². The zero-order valence-corrected chi connectivity index (χ0v) is 20.0. The van der Waals surface area contributed by atoms with Gasteiger partial charge in [-0.15, -0.1) is 0 Å². The summed E-state index contributed by atoms with van der Waals surface area (Å²) in [5.74, 6) is 0.381. The summed E-state index contributed by atoms with van der Waals surface area (Å²) in [5.41, 5.74) is 3.01. The van der Waals surface area contributed by atoms with Crippen LogP contribution in [0.1, 0.15) is 42.1 Å². The molecule has 0 aliphatic rings. The monoisotopic (exact) mass is 475 g/mol. The fraction of sp³-hybridized carbons (Fsp3) is 0.222. The molecule has 3 aromatic rings. The minimum Gasteiger partial charge on any atom is -0.494 e. The predicted molar refractivity (Wildman–Crippen MR) is 140 cm³/mol. The number of hydrogen-bond donors (Lipinski definition) is 3. The molecule has 34 heavy (non-hydrogen) atoms. The quantitative estimate of drug-likeness (QED) is 0.264. The molecular weight excluding hydrogens is 446 g/mol. The molecule has 0 spiro atoms. The average Bonchev–Trinajstić information content (AvgIpc) is 2.85. The van der Waals surface area contributed by atoms with Crippen molar-refractivity contribution in [1.82, 2.24) is 5.32 Å². The second-order valence-electron chi connectivity index (χ2n) is 7.75. The number of amides is 2. The Kier molecular flexibility index (Phi) is 9.61. The van der Waals surface area contributed by atoms with Gasteiger partial charge in [-0.25, -0.2) is 0 Å². The number of hydrogen-bond acceptors (Lipinski definition) is 4. The van der Waals surface area contributed by atoms with E-state index < -0.39 is 0 Å². The second-order valence-corrected chi connectivity index (χ2v) is 8.15. The van der Waals surface area contributed by atoms with Crippen molar-refractivity contribution in [2.75, 3.05) is 17.2 Å². The molecular formula is C27H29N3O3S. The van der Waals surface area contributed by atoms with Crippen molar-refractivity contribution in [3.05, 3.63) is 90.0 Å². The van der Waals surface area contributed by atoms with Gasteiger partial charge in [0.1, 0.15) is 5.75 Å². The Hall–Kier alpha value is -3.71. The second kappa shape index (κ2) is 13.1. The van der Waals surface area contributed by atoms with E-state index in [0.717, 1.165) is 24.2 Å². The SMILES string of the molecule is CCCCOc1ccc(C(=O)NC(=S)Nc2ccc(NC(=O)CCc3ccccc3)cc2)cc1. The van der Waals surface area contributed by atoms with Gasteiger partial charge in [-0.1, -0.05) is 43.7 Å². The van der Waals surface area contributed by atoms with E-state index in [1.165, 1.54) is 0 Å². The predicted octanol–water partition coefficient (Wildman–Crippen LogP) is 5.56. The Morgan fingerprint density at radius 1 is 0.853 bits per heavy atom. The molecule has 0 atom stereocenters. The van der Waals surface area contributed by atoms with Gasteiger partial charge in [-0.05, 0) is 79.2 Å². The van der Waals surface area contributed by atoms with E-state index >= 15 is 0 Å². The van der Waals surface area contributed by atoms with E-state index in [1.54, 1.807) is 48.5 Å². The van der Waals surface area contributed by atoms with Crippen molar-refractivity contribution in [2.45, 2.75) is 32.6 Å². The van der Waals surface area contributed by atoms with Crippen LogP contribution in [0, 0.1) is 0 Å². The summed E-state index contributed by atoms with van der Waals surface area (Å²) in [6.07, 6.45) is 3.15. The lowest BCUT2D eigenvalue weighted by atomic mass is 10.1. The summed E-state index contributed by atoms with van der Waals surface area (Å²) in [7, 11) is 0. The van der Waals surface area contributed by atoms with Crippen LogP contribution in [0.15, 0.2) is 78.9 Å². The highest BCUT2D eigenvalue weighted by atomic mass is 32.1. The number of unbranched alkanes of at least 4 members (excludes halogenated alkanes) is 1. The maximum absolute atomic E-state index is 12.4. The number of benzene rings is 3. The first kappa shape index (κ1) is 24.9. The molecule has 3 aromatic carbocycles. The number of carbonyl (C=O) groups is 2. The van der Waals surface area contributed by atoms with Gasteiger partial charge in [-0.2, -0.15) is 0 Å². The number of thiocarbonyl (C=S) groups is 1. The molecule has 0 saturated carbocycles. The van der Waals surface area contributed by atoms with E-state index in [9.17, 15) is 9.59 Å². The summed E-state index contributed by atoms with van der Waals surface area (Å²) in [6, 6.07) is 24.0. The summed E-state index contributed by atoms with van der Waals surface area (Å²) >= 11 is 5.25. The molecule has 0 heterocycles. The lowest BCUT2D eigenvalue weighted by molar-refractivity contribution is -0.116. The van der Waals surface area contributed by atoms with Crippen molar-refractivity contribution in [3.8, 4) is 5.75 Å². The summed E-state index contributed by atoms with van der Waals surface area (Å²) < 4.78 is 5.61. The van der Waals surface area contributed by atoms with Crippen LogP contribution in [-0.4, -0.2) is 23.5 Å². The van der Waals surface area contributed by atoms with Crippen molar-refractivity contribution < 1.29 is 14.3 Å². The maximum atomic E-state index is 12.4. The normalized spacial score (nSPS) is 10.3. The highest BCUT2D eigenvalue weighted by molar-refractivity contribution is 7.80. The molecule has 0 saturated heterocycles. The average molecular weight is 476 g/mol. The Morgan fingerprint density at radius 2 is 1.50 bits per heavy atom. The first-order valence-electron chi connectivity index (χ1n) is 11.3. The van der Waals surface area contributed by atoms with Gasteiger partial charge in [0.25, 0.3) is 5.91 Å². The Balaban J connectivity index is 1.43. The van der Waals surface area contributed by atoms with Gasteiger partial charge in [0.2, 0.25) is 5.91 Å². The van der Waals surface area contributed by atoms with Crippen LogP contribution in [0.5, 0.6) is 5.75 Å². The zero-order valence-electron chi connectivity index (χ0n) is 19.2. The minimum absolute atomic E-state index is 0.0471.